The van der Waals surface area contributed by atoms with Crippen molar-refractivity contribution in [1.29, 1.82) is 5.26 Å². The maximum atomic E-state index is 13.1. The topological polar surface area (TPSA) is 102 Å². The number of urea groups is 1. The number of carbonyl (C=O) groups excluding carboxylic acids is 1. The van der Waals surface area contributed by atoms with E-state index in [1.807, 2.05) is 29.4 Å². The molecule has 41 heavy (non-hydrogen) atoms. The first-order chi connectivity index (χ1) is 20.1. The number of piperidine rings is 1. The predicted molar refractivity (Wildman–Crippen MR) is 153 cm³/mol. The zero-order valence-electron chi connectivity index (χ0n) is 23.5. The van der Waals surface area contributed by atoms with Crippen LogP contribution in [0, 0.1) is 17.2 Å². The van der Waals surface area contributed by atoms with E-state index >= 15 is 0 Å². The molecule has 3 aromatic heterocycles. The number of carbonyl (C=O) groups is 1. The average molecular weight is 557 g/mol. The number of rotatable bonds is 6. The molecule has 0 aromatic carbocycles. The van der Waals surface area contributed by atoms with E-state index in [0.717, 1.165) is 94.3 Å². The summed E-state index contributed by atoms with van der Waals surface area (Å²) in [6.07, 6.45) is 7.45. The number of fused-ring (bicyclic) bond motifs is 3. The first-order valence-electron chi connectivity index (χ1n) is 14.7. The normalized spacial score (nSPS) is 24.4. The largest absolute Gasteiger partial charge is 0.491 e. The standard InChI is InChI=1S/C30H36N8O3/c1-21-4-5-35(17-21)30(39)38-24-12-25(38)19-36(18-24)28-3-2-22(15-32-28)27-13-26(20-37-29(27)23(14-31)16-33-37)41-11-8-34-6-9-40-10-7-34/h2-3,13,15-16,20-21,24-25H,4-12,17-19H2,1H3/t21-,24?,25?/m1/s1. The minimum atomic E-state index is 0.212. The molecule has 11 nitrogen and oxygen atoms in total. The number of nitriles is 1. The van der Waals surface area contributed by atoms with E-state index in [9.17, 15) is 10.1 Å². The quantitative estimate of drug-likeness (QED) is 0.457. The Morgan fingerprint density at radius 1 is 1.15 bits per heavy atom. The summed E-state index contributed by atoms with van der Waals surface area (Å²) in [6, 6.07) is 9.04. The molecule has 5 fully saturated rings. The molecule has 0 radical (unpaired) electrons. The SMILES string of the molecule is C[C@@H]1CCN(C(=O)N2C3CC2CN(c2ccc(-c4cc(OCCN5CCOCC5)cn5ncc(C#N)c45)cn2)C3)C1. The van der Waals surface area contributed by atoms with Gasteiger partial charge in [-0.15, -0.1) is 0 Å². The van der Waals surface area contributed by atoms with Gasteiger partial charge in [-0.3, -0.25) is 4.90 Å². The van der Waals surface area contributed by atoms with E-state index < -0.39 is 0 Å². The average Bonchev–Trinajstić information content (AvgIpc) is 3.63. The van der Waals surface area contributed by atoms with Crippen LogP contribution >= 0.6 is 0 Å². The van der Waals surface area contributed by atoms with Crippen LogP contribution in [0.15, 0.2) is 36.8 Å². The molecule has 5 aliphatic heterocycles. The maximum Gasteiger partial charge on any atom is 0.320 e. The molecule has 2 unspecified atom stereocenters. The molecule has 8 heterocycles. The molecule has 5 aliphatic rings. The highest BCUT2D eigenvalue weighted by Crippen LogP contribution is 2.37. The Morgan fingerprint density at radius 2 is 1.98 bits per heavy atom. The number of amides is 2. The van der Waals surface area contributed by atoms with Gasteiger partial charge in [0.1, 0.15) is 24.2 Å². The molecule has 5 saturated heterocycles. The van der Waals surface area contributed by atoms with Crippen molar-refractivity contribution in [2.75, 3.05) is 70.5 Å². The van der Waals surface area contributed by atoms with Gasteiger partial charge in [0.2, 0.25) is 0 Å². The zero-order chi connectivity index (χ0) is 27.9. The monoisotopic (exact) mass is 556 g/mol. The van der Waals surface area contributed by atoms with Crippen molar-refractivity contribution in [1.82, 2.24) is 29.3 Å². The van der Waals surface area contributed by atoms with Gasteiger partial charge in [0, 0.05) is 63.1 Å². The lowest BCUT2D eigenvalue weighted by Crippen LogP contribution is -2.72. The summed E-state index contributed by atoms with van der Waals surface area (Å²) in [5, 5.41) is 14.1. The van der Waals surface area contributed by atoms with Gasteiger partial charge in [-0.05, 0) is 37.0 Å². The number of aromatic nitrogens is 3. The number of hydrogen-bond donors (Lipinski definition) is 0. The van der Waals surface area contributed by atoms with Gasteiger partial charge in [-0.1, -0.05) is 6.92 Å². The molecule has 0 spiro atoms. The number of piperazine rings is 1. The fourth-order valence-electron chi connectivity index (χ4n) is 6.71. The Balaban J connectivity index is 1.06. The van der Waals surface area contributed by atoms with Crippen LogP contribution in [0.5, 0.6) is 5.75 Å². The second-order valence-electron chi connectivity index (χ2n) is 11.7. The van der Waals surface area contributed by atoms with E-state index in [0.29, 0.717) is 23.8 Å². The van der Waals surface area contributed by atoms with E-state index in [1.165, 1.54) is 0 Å². The van der Waals surface area contributed by atoms with E-state index in [4.69, 9.17) is 14.5 Å². The van der Waals surface area contributed by atoms with Crippen LogP contribution in [-0.2, 0) is 4.74 Å². The Morgan fingerprint density at radius 3 is 2.68 bits per heavy atom. The molecule has 3 atom stereocenters. The van der Waals surface area contributed by atoms with Crippen LogP contribution in [0.1, 0.15) is 25.3 Å². The van der Waals surface area contributed by atoms with Gasteiger partial charge in [-0.25, -0.2) is 14.3 Å². The van der Waals surface area contributed by atoms with Crippen molar-refractivity contribution < 1.29 is 14.3 Å². The predicted octanol–water partition coefficient (Wildman–Crippen LogP) is 2.70. The lowest BCUT2D eigenvalue weighted by molar-refractivity contribution is 0.0211. The Bertz CT molecular complexity index is 1450. The zero-order valence-corrected chi connectivity index (χ0v) is 23.5. The van der Waals surface area contributed by atoms with Crippen LogP contribution in [-0.4, -0.2) is 113 Å². The first-order valence-corrected chi connectivity index (χ1v) is 14.7. The number of ether oxygens (including phenoxy) is 2. The third-order valence-electron chi connectivity index (χ3n) is 8.98. The summed E-state index contributed by atoms with van der Waals surface area (Å²) in [6.45, 7) is 10.3. The second kappa shape index (κ2) is 10.8. The molecule has 2 bridgehead atoms. The highest BCUT2D eigenvalue weighted by molar-refractivity contribution is 5.85. The number of morpholine rings is 1. The highest BCUT2D eigenvalue weighted by Gasteiger charge is 2.49. The van der Waals surface area contributed by atoms with Crippen molar-refractivity contribution in [3.63, 3.8) is 0 Å². The molecule has 2 amide bonds. The fraction of sp³-hybridized carbons (Fsp3) is 0.533. The maximum absolute atomic E-state index is 13.1. The van der Waals surface area contributed by atoms with Gasteiger partial charge < -0.3 is 24.2 Å². The summed E-state index contributed by atoms with van der Waals surface area (Å²) >= 11 is 0. The van der Waals surface area contributed by atoms with Gasteiger partial charge >= 0.3 is 6.03 Å². The molecule has 0 aliphatic carbocycles. The van der Waals surface area contributed by atoms with Crippen molar-refractivity contribution >= 4 is 17.4 Å². The molecule has 0 N–H and O–H groups in total. The van der Waals surface area contributed by atoms with Crippen molar-refractivity contribution in [3.8, 4) is 22.9 Å². The third kappa shape index (κ3) is 4.96. The van der Waals surface area contributed by atoms with Gasteiger partial charge in [-0.2, -0.15) is 10.4 Å². The van der Waals surface area contributed by atoms with Crippen molar-refractivity contribution in [2.24, 2.45) is 5.92 Å². The molecule has 214 valence electrons. The third-order valence-corrected chi connectivity index (χ3v) is 8.98. The van der Waals surface area contributed by atoms with Gasteiger partial charge in [0.05, 0.1) is 48.8 Å². The molecular weight excluding hydrogens is 520 g/mol. The van der Waals surface area contributed by atoms with E-state index in [-0.39, 0.29) is 18.1 Å². The Hall–Kier alpha value is -3.88. The lowest BCUT2D eigenvalue weighted by atomic mass is 9.87. The minimum Gasteiger partial charge on any atom is -0.491 e. The van der Waals surface area contributed by atoms with Crippen LogP contribution in [0.2, 0.25) is 0 Å². The number of hydrogen-bond acceptors (Lipinski definition) is 8. The summed E-state index contributed by atoms with van der Waals surface area (Å²) in [5.41, 5.74) is 3.01. The lowest BCUT2D eigenvalue weighted by Gasteiger charge is -2.57. The van der Waals surface area contributed by atoms with Crippen molar-refractivity contribution in [3.05, 3.63) is 42.4 Å². The fourth-order valence-corrected chi connectivity index (χ4v) is 6.71. The number of nitrogens with zero attached hydrogens (tertiary/aromatic N) is 8. The Labute approximate surface area is 239 Å². The van der Waals surface area contributed by atoms with Crippen molar-refractivity contribution in [2.45, 2.75) is 31.8 Å². The smallest absolute Gasteiger partial charge is 0.320 e. The van der Waals surface area contributed by atoms with E-state index in [1.54, 1.807) is 10.7 Å². The summed E-state index contributed by atoms with van der Waals surface area (Å²) in [4.78, 5) is 26.7. The van der Waals surface area contributed by atoms with Gasteiger partial charge in [0.15, 0.2) is 0 Å². The van der Waals surface area contributed by atoms with E-state index in [2.05, 4.69) is 38.9 Å². The molecule has 11 heteroatoms. The molecule has 0 saturated carbocycles. The minimum absolute atomic E-state index is 0.212. The number of likely N-dealkylation sites (tertiary alicyclic amines) is 1. The second-order valence-corrected chi connectivity index (χ2v) is 11.7. The van der Waals surface area contributed by atoms with Gasteiger partial charge in [0.25, 0.3) is 0 Å². The Kier molecular flexibility index (Phi) is 6.88. The summed E-state index contributed by atoms with van der Waals surface area (Å²) in [5.74, 6) is 2.20. The first kappa shape index (κ1) is 26.0. The van der Waals surface area contributed by atoms with Crippen LogP contribution < -0.4 is 9.64 Å². The van der Waals surface area contributed by atoms with Crippen LogP contribution in [0.25, 0.3) is 16.6 Å². The summed E-state index contributed by atoms with van der Waals surface area (Å²) in [7, 11) is 0. The summed E-state index contributed by atoms with van der Waals surface area (Å²) < 4.78 is 13.3. The number of anilines is 1. The molecule has 3 aromatic rings. The molecular formula is C30H36N8O3. The van der Waals surface area contributed by atoms with Crippen LogP contribution in [0.3, 0.4) is 0 Å². The van der Waals surface area contributed by atoms with Crippen LogP contribution in [0.4, 0.5) is 10.6 Å². The molecule has 8 rings (SSSR count). The number of pyridine rings is 2. The highest BCUT2D eigenvalue weighted by atomic mass is 16.5.